The van der Waals surface area contributed by atoms with Crippen LogP contribution in [0.5, 0.6) is 5.75 Å². The van der Waals surface area contributed by atoms with E-state index in [9.17, 15) is 5.11 Å². The first-order valence-electron chi connectivity index (χ1n) is 5.74. The van der Waals surface area contributed by atoms with Crippen LogP contribution >= 0.6 is 22.9 Å². The molecule has 1 heterocycles. The molecule has 2 aromatic carbocycles. The van der Waals surface area contributed by atoms with E-state index >= 15 is 0 Å². The van der Waals surface area contributed by atoms with Gasteiger partial charge in [-0.15, -0.1) is 11.3 Å². The fraction of sp³-hybridized carbons (Fsp3) is 0. The van der Waals surface area contributed by atoms with Crippen molar-refractivity contribution in [3.8, 4) is 5.75 Å². The smallest absolute Gasteiger partial charge is 0.117 e. The molecule has 0 saturated heterocycles. The Morgan fingerprint density at radius 3 is 2.84 bits per heavy atom. The summed E-state index contributed by atoms with van der Waals surface area (Å²) in [5, 5.41) is 11.0. The van der Waals surface area contributed by atoms with E-state index in [2.05, 4.69) is 4.98 Å². The third-order valence-electron chi connectivity index (χ3n) is 2.65. The summed E-state index contributed by atoms with van der Waals surface area (Å²) < 4.78 is 1.11. The maximum Gasteiger partial charge on any atom is 0.117 e. The minimum atomic E-state index is 0.262. The lowest BCUT2D eigenvalue weighted by Crippen LogP contribution is -1.72. The van der Waals surface area contributed by atoms with Crippen LogP contribution in [0.15, 0.2) is 42.5 Å². The van der Waals surface area contributed by atoms with Crippen molar-refractivity contribution < 1.29 is 5.11 Å². The molecular formula is C15H10ClNOS. The molecule has 3 rings (SSSR count). The highest BCUT2D eigenvalue weighted by Gasteiger charge is 2.01. The zero-order valence-corrected chi connectivity index (χ0v) is 11.4. The van der Waals surface area contributed by atoms with Gasteiger partial charge in [-0.3, -0.25) is 0 Å². The van der Waals surface area contributed by atoms with Crippen LogP contribution in [0.3, 0.4) is 0 Å². The summed E-state index contributed by atoms with van der Waals surface area (Å²) in [6.45, 7) is 0. The number of fused-ring (bicyclic) bond motifs is 1. The van der Waals surface area contributed by atoms with Crippen LogP contribution in [-0.4, -0.2) is 10.1 Å². The predicted octanol–water partition coefficient (Wildman–Crippen LogP) is 4.83. The van der Waals surface area contributed by atoms with Gasteiger partial charge in [-0.25, -0.2) is 4.98 Å². The van der Waals surface area contributed by atoms with Gasteiger partial charge in [0.2, 0.25) is 0 Å². The van der Waals surface area contributed by atoms with Gasteiger partial charge in [0, 0.05) is 5.02 Å². The Kier molecular flexibility index (Phi) is 3.23. The summed E-state index contributed by atoms with van der Waals surface area (Å²) in [5.74, 6) is 0.262. The molecule has 0 amide bonds. The van der Waals surface area contributed by atoms with Gasteiger partial charge < -0.3 is 5.11 Å². The summed E-state index contributed by atoms with van der Waals surface area (Å²) in [7, 11) is 0. The molecule has 0 aliphatic carbocycles. The molecular weight excluding hydrogens is 278 g/mol. The van der Waals surface area contributed by atoms with Crippen LogP contribution in [0, 0.1) is 0 Å². The molecule has 0 aliphatic heterocycles. The fourth-order valence-corrected chi connectivity index (χ4v) is 2.80. The molecule has 1 N–H and O–H groups in total. The van der Waals surface area contributed by atoms with Gasteiger partial charge in [0.05, 0.1) is 10.2 Å². The van der Waals surface area contributed by atoms with E-state index in [1.54, 1.807) is 23.5 Å². The molecule has 1 aromatic heterocycles. The topological polar surface area (TPSA) is 33.1 Å². The number of hydrogen-bond acceptors (Lipinski definition) is 3. The second kappa shape index (κ2) is 5.03. The lowest BCUT2D eigenvalue weighted by molar-refractivity contribution is 0.475. The van der Waals surface area contributed by atoms with Crippen molar-refractivity contribution >= 4 is 45.3 Å². The van der Waals surface area contributed by atoms with Crippen molar-refractivity contribution in [1.82, 2.24) is 4.98 Å². The first-order valence-corrected chi connectivity index (χ1v) is 6.93. The number of nitrogens with zero attached hydrogens (tertiary/aromatic N) is 1. The van der Waals surface area contributed by atoms with Crippen molar-refractivity contribution in [2.24, 2.45) is 0 Å². The Balaban J connectivity index is 1.92. The molecule has 0 aliphatic rings. The second-order valence-corrected chi connectivity index (χ2v) is 5.59. The minimum Gasteiger partial charge on any atom is -0.508 e. The number of phenolic OH excluding ortho intramolecular Hbond substituents is 1. The molecule has 0 atom stereocenters. The Labute approximate surface area is 119 Å². The van der Waals surface area contributed by atoms with Gasteiger partial charge in [0.25, 0.3) is 0 Å². The van der Waals surface area contributed by atoms with Crippen molar-refractivity contribution in [3.05, 3.63) is 58.1 Å². The molecule has 0 fully saturated rings. The summed E-state index contributed by atoms with van der Waals surface area (Å²) in [4.78, 5) is 4.50. The highest BCUT2D eigenvalue weighted by atomic mass is 35.5. The summed E-state index contributed by atoms with van der Waals surface area (Å²) in [6.07, 6.45) is 3.87. The highest BCUT2D eigenvalue weighted by molar-refractivity contribution is 7.19. The lowest BCUT2D eigenvalue weighted by Gasteiger charge is -1.93. The fourth-order valence-electron chi connectivity index (χ4n) is 1.79. The van der Waals surface area contributed by atoms with Gasteiger partial charge in [0.1, 0.15) is 10.8 Å². The standard InChI is InChI=1S/C15H10ClNOS/c16-11-5-6-14-13(9-11)17-15(19-14)7-4-10-2-1-3-12(18)8-10/h1-9,18H/b7-4+. The second-order valence-electron chi connectivity index (χ2n) is 4.09. The average Bonchev–Trinajstić information content (AvgIpc) is 2.78. The van der Waals surface area contributed by atoms with E-state index in [4.69, 9.17) is 11.6 Å². The molecule has 0 radical (unpaired) electrons. The molecule has 2 nitrogen and oxygen atoms in total. The Hall–Kier alpha value is -1.84. The number of aromatic nitrogens is 1. The Morgan fingerprint density at radius 1 is 1.11 bits per heavy atom. The molecule has 94 valence electrons. The van der Waals surface area contributed by atoms with E-state index in [1.165, 1.54) is 0 Å². The molecule has 0 unspecified atom stereocenters. The Bertz CT molecular complexity index is 764. The van der Waals surface area contributed by atoms with E-state index in [1.807, 2.05) is 42.5 Å². The predicted molar refractivity (Wildman–Crippen MR) is 81.7 cm³/mol. The summed E-state index contributed by atoms with van der Waals surface area (Å²) in [6, 6.07) is 12.8. The number of hydrogen-bond donors (Lipinski definition) is 1. The zero-order chi connectivity index (χ0) is 13.2. The van der Waals surface area contributed by atoms with E-state index in [0.717, 1.165) is 20.8 Å². The van der Waals surface area contributed by atoms with Crippen LogP contribution < -0.4 is 0 Å². The molecule has 3 aromatic rings. The van der Waals surface area contributed by atoms with Crippen molar-refractivity contribution in [1.29, 1.82) is 0 Å². The molecule has 0 spiro atoms. The number of thiazole rings is 1. The monoisotopic (exact) mass is 287 g/mol. The van der Waals surface area contributed by atoms with E-state index in [-0.39, 0.29) is 5.75 Å². The molecule has 4 heteroatoms. The van der Waals surface area contributed by atoms with Gasteiger partial charge >= 0.3 is 0 Å². The van der Waals surface area contributed by atoms with Gasteiger partial charge in [-0.2, -0.15) is 0 Å². The lowest BCUT2D eigenvalue weighted by atomic mass is 10.2. The largest absolute Gasteiger partial charge is 0.508 e. The third kappa shape index (κ3) is 2.78. The van der Waals surface area contributed by atoms with Crippen LogP contribution in [0.4, 0.5) is 0 Å². The van der Waals surface area contributed by atoms with E-state index < -0.39 is 0 Å². The average molecular weight is 288 g/mol. The highest BCUT2D eigenvalue weighted by Crippen LogP contribution is 2.26. The molecule has 0 bridgehead atoms. The summed E-state index contributed by atoms with van der Waals surface area (Å²) in [5.41, 5.74) is 1.85. The van der Waals surface area contributed by atoms with E-state index in [0.29, 0.717) is 5.02 Å². The SMILES string of the molecule is Oc1cccc(/C=C/c2nc3cc(Cl)ccc3s2)c1. The molecule has 0 saturated carbocycles. The minimum absolute atomic E-state index is 0.262. The number of aromatic hydroxyl groups is 1. The quantitative estimate of drug-likeness (QED) is 0.732. The van der Waals surface area contributed by atoms with Crippen LogP contribution in [0.2, 0.25) is 5.02 Å². The maximum atomic E-state index is 9.39. The van der Waals surface area contributed by atoms with Gasteiger partial charge in [-0.05, 0) is 42.0 Å². The van der Waals surface area contributed by atoms with Gasteiger partial charge in [0.15, 0.2) is 0 Å². The van der Waals surface area contributed by atoms with Crippen molar-refractivity contribution in [3.63, 3.8) is 0 Å². The number of rotatable bonds is 2. The number of phenols is 1. The number of halogens is 1. The van der Waals surface area contributed by atoms with Crippen molar-refractivity contribution in [2.45, 2.75) is 0 Å². The first kappa shape index (κ1) is 12.2. The van der Waals surface area contributed by atoms with Gasteiger partial charge in [-0.1, -0.05) is 29.8 Å². The Morgan fingerprint density at radius 2 is 2.00 bits per heavy atom. The number of benzene rings is 2. The summed E-state index contributed by atoms with van der Waals surface area (Å²) >= 11 is 7.55. The van der Waals surface area contributed by atoms with Crippen molar-refractivity contribution in [2.75, 3.05) is 0 Å². The molecule has 19 heavy (non-hydrogen) atoms. The zero-order valence-electron chi connectivity index (χ0n) is 9.88. The first-order chi connectivity index (χ1) is 9.20. The third-order valence-corrected chi connectivity index (χ3v) is 3.89. The van der Waals surface area contributed by atoms with Crippen LogP contribution in [-0.2, 0) is 0 Å². The normalized spacial score (nSPS) is 11.4. The van der Waals surface area contributed by atoms with Crippen LogP contribution in [0.1, 0.15) is 10.6 Å². The van der Waals surface area contributed by atoms with Crippen LogP contribution in [0.25, 0.3) is 22.4 Å². The maximum absolute atomic E-state index is 9.39.